The molecule has 2 aromatic rings. The van der Waals surface area contributed by atoms with Crippen molar-refractivity contribution in [1.82, 2.24) is 14.9 Å². The van der Waals surface area contributed by atoms with E-state index >= 15 is 0 Å². The number of rotatable bonds is 4. The third-order valence-electron chi connectivity index (χ3n) is 3.88. The van der Waals surface area contributed by atoms with E-state index in [0.29, 0.717) is 6.54 Å². The van der Waals surface area contributed by atoms with Crippen LogP contribution >= 0.6 is 0 Å². The highest BCUT2D eigenvalue weighted by Crippen LogP contribution is 2.25. The molecule has 0 spiro atoms. The van der Waals surface area contributed by atoms with Crippen LogP contribution < -0.4 is 10.6 Å². The maximum Gasteiger partial charge on any atom is 0.253 e. The number of aryl methyl sites for hydroxylation is 2. The highest BCUT2D eigenvalue weighted by atomic mass is 16.1. The second kappa shape index (κ2) is 5.99. The van der Waals surface area contributed by atoms with Gasteiger partial charge in [-0.25, -0.2) is 4.98 Å². The first-order valence-electron chi connectivity index (χ1n) is 7.36. The molecule has 1 aliphatic rings. The van der Waals surface area contributed by atoms with E-state index < -0.39 is 0 Å². The zero-order chi connectivity index (χ0) is 14.7. The van der Waals surface area contributed by atoms with Crippen molar-refractivity contribution in [3.05, 3.63) is 47.5 Å². The van der Waals surface area contributed by atoms with Crippen molar-refractivity contribution in [2.45, 2.75) is 19.3 Å². The first kappa shape index (κ1) is 13.7. The van der Waals surface area contributed by atoms with Crippen LogP contribution in [-0.2, 0) is 19.9 Å². The quantitative estimate of drug-likeness (QED) is 0.899. The van der Waals surface area contributed by atoms with E-state index in [0.717, 1.165) is 42.9 Å². The largest absolute Gasteiger partial charge is 0.384 e. The van der Waals surface area contributed by atoms with Gasteiger partial charge in [0.25, 0.3) is 5.91 Å². The molecule has 1 aromatic carbocycles. The average Bonchev–Trinajstić information content (AvgIpc) is 2.92. The molecule has 5 nitrogen and oxygen atoms in total. The minimum Gasteiger partial charge on any atom is -0.384 e. The molecule has 0 fully saturated rings. The zero-order valence-electron chi connectivity index (χ0n) is 12.2. The van der Waals surface area contributed by atoms with Gasteiger partial charge in [0.05, 0.1) is 11.3 Å². The highest BCUT2D eigenvalue weighted by Gasteiger charge is 2.16. The molecule has 2 N–H and O–H groups in total. The lowest BCUT2D eigenvalue weighted by molar-refractivity contribution is 0.0954. The third-order valence-corrected chi connectivity index (χ3v) is 3.88. The summed E-state index contributed by atoms with van der Waals surface area (Å²) in [5.41, 5.74) is 2.98. The van der Waals surface area contributed by atoms with Crippen molar-refractivity contribution < 1.29 is 4.79 Å². The Morgan fingerprint density at radius 1 is 1.48 bits per heavy atom. The Morgan fingerprint density at radius 3 is 3.19 bits per heavy atom. The van der Waals surface area contributed by atoms with Gasteiger partial charge in [-0.3, -0.25) is 4.79 Å². The van der Waals surface area contributed by atoms with Crippen molar-refractivity contribution in [1.29, 1.82) is 0 Å². The number of aromatic nitrogens is 2. The fraction of sp³-hybridized carbons (Fsp3) is 0.375. The van der Waals surface area contributed by atoms with Gasteiger partial charge in [-0.15, -0.1) is 0 Å². The maximum atomic E-state index is 12.4. The van der Waals surface area contributed by atoms with Crippen molar-refractivity contribution in [3.63, 3.8) is 0 Å². The Balaban J connectivity index is 1.64. The second-order valence-corrected chi connectivity index (χ2v) is 5.33. The molecule has 110 valence electrons. The number of carbonyl (C=O) groups is 1. The Kier molecular flexibility index (Phi) is 3.90. The van der Waals surface area contributed by atoms with Crippen LogP contribution in [0.2, 0.25) is 0 Å². The predicted molar refractivity (Wildman–Crippen MR) is 82.5 cm³/mol. The van der Waals surface area contributed by atoms with Crippen LogP contribution in [-0.4, -0.2) is 28.5 Å². The van der Waals surface area contributed by atoms with E-state index in [4.69, 9.17) is 0 Å². The van der Waals surface area contributed by atoms with Gasteiger partial charge in [0.2, 0.25) is 0 Å². The van der Waals surface area contributed by atoms with Crippen molar-refractivity contribution in [2.75, 3.05) is 18.4 Å². The van der Waals surface area contributed by atoms with E-state index in [2.05, 4.69) is 21.7 Å². The number of para-hydroxylation sites is 1. The van der Waals surface area contributed by atoms with Gasteiger partial charge in [-0.2, -0.15) is 0 Å². The van der Waals surface area contributed by atoms with Gasteiger partial charge in [-0.1, -0.05) is 12.1 Å². The van der Waals surface area contributed by atoms with Crippen molar-refractivity contribution in [3.8, 4) is 0 Å². The SMILES string of the molecule is Cn1ccnc1CCNC(=O)c1cccc2c1NCCC2. The second-order valence-electron chi connectivity index (χ2n) is 5.33. The number of benzene rings is 1. The molecule has 1 aliphatic heterocycles. The van der Waals surface area contributed by atoms with Crippen LogP contribution in [0.5, 0.6) is 0 Å². The van der Waals surface area contributed by atoms with Crippen LogP contribution in [0, 0.1) is 0 Å². The molecule has 0 bridgehead atoms. The molecule has 0 saturated heterocycles. The van der Waals surface area contributed by atoms with Crippen molar-refractivity contribution >= 4 is 11.6 Å². The van der Waals surface area contributed by atoms with Gasteiger partial charge in [0.1, 0.15) is 5.82 Å². The fourth-order valence-electron chi connectivity index (χ4n) is 2.72. The molecular formula is C16H20N4O. The van der Waals surface area contributed by atoms with E-state index in [-0.39, 0.29) is 5.91 Å². The van der Waals surface area contributed by atoms with E-state index in [1.807, 2.05) is 29.9 Å². The average molecular weight is 284 g/mol. The Hall–Kier alpha value is -2.30. The number of nitrogens with one attached hydrogen (secondary N) is 2. The highest BCUT2D eigenvalue weighted by molar-refractivity contribution is 6.00. The van der Waals surface area contributed by atoms with Gasteiger partial charge in [0.15, 0.2) is 0 Å². The molecule has 0 radical (unpaired) electrons. The lowest BCUT2D eigenvalue weighted by atomic mass is 9.99. The number of nitrogens with zero attached hydrogens (tertiary/aromatic N) is 2. The normalized spacial score (nSPS) is 13.4. The summed E-state index contributed by atoms with van der Waals surface area (Å²) in [6.45, 7) is 1.53. The summed E-state index contributed by atoms with van der Waals surface area (Å²) < 4.78 is 1.97. The molecule has 0 saturated carbocycles. The number of hydrogen-bond acceptors (Lipinski definition) is 3. The monoisotopic (exact) mass is 284 g/mol. The fourth-order valence-corrected chi connectivity index (χ4v) is 2.72. The summed E-state index contributed by atoms with van der Waals surface area (Å²) in [6, 6.07) is 5.93. The Labute approximate surface area is 124 Å². The zero-order valence-corrected chi connectivity index (χ0v) is 12.2. The molecule has 1 aromatic heterocycles. The topological polar surface area (TPSA) is 59.0 Å². The number of hydrogen-bond donors (Lipinski definition) is 2. The van der Waals surface area contributed by atoms with Gasteiger partial charge >= 0.3 is 0 Å². The standard InChI is InChI=1S/C16H20N4O/c1-20-11-10-17-14(20)7-9-19-16(21)13-6-2-4-12-5-3-8-18-15(12)13/h2,4,6,10-11,18H,3,5,7-9H2,1H3,(H,19,21). The summed E-state index contributed by atoms with van der Waals surface area (Å²) in [7, 11) is 1.96. The first-order valence-corrected chi connectivity index (χ1v) is 7.36. The van der Waals surface area contributed by atoms with E-state index in [1.165, 1.54) is 5.56 Å². The van der Waals surface area contributed by atoms with Crippen LogP contribution in [0.15, 0.2) is 30.6 Å². The first-order chi connectivity index (χ1) is 10.3. The minimum absolute atomic E-state index is 0.0181. The molecule has 1 amide bonds. The molecule has 0 unspecified atom stereocenters. The van der Waals surface area contributed by atoms with Gasteiger partial charge in [0, 0.05) is 39.0 Å². The molecule has 5 heteroatoms. The Bertz CT molecular complexity index is 647. The van der Waals surface area contributed by atoms with E-state index in [1.54, 1.807) is 6.20 Å². The number of carbonyl (C=O) groups excluding carboxylic acids is 1. The van der Waals surface area contributed by atoms with Crippen LogP contribution in [0.1, 0.15) is 28.2 Å². The van der Waals surface area contributed by atoms with Crippen LogP contribution in [0.3, 0.4) is 0 Å². The number of amides is 1. The maximum absolute atomic E-state index is 12.4. The summed E-state index contributed by atoms with van der Waals surface area (Å²) in [5.74, 6) is 0.957. The summed E-state index contributed by atoms with van der Waals surface area (Å²) >= 11 is 0. The summed E-state index contributed by atoms with van der Waals surface area (Å²) in [4.78, 5) is 16.6. The molecule has 21 heavy (non-hydrogen) atoms. The van der Waals surface area contributed by atoms with E-state index in [9.17, 15) is 4.79 Å². The lowest BCUT2D eigenvalue weighted by Crippen LogP contribution is -2.28. The number of imidazole rings is 1. The molecule has 0 aliphatic carbocycles. The lowest BCUT2D eigenvalue weighted by Gasteiger charge is -2.20. The van der Waals surface area contributed by atoms with Crippen molar-refractivity contribution in [2.24, 2.45) is 7.05 Å². The summed E-state index contributed by atoms with van der Waals surface area (Å²) in [5, 5.41) is 6.33. The molecule has 2 heterocycles. The smallest absolute Gasteiger partial charge is 0.253 e. The van der Waals surface area contributed by atoms with Crippen LogP contribution in [0.4, 0.5) is 5.69 Å². The molecule has 0 atom stereocenters. The third kappa shape index (κ3) is 2.91. The summed E-state index contributed by atoms with van der Waals surface area (Å²) in [6.07, 6.45) is 6.58. The number of fused-ring (bicyclic) bond motifs is 1. The predicted octanol–water partition coefficient (Wildman–Crippen LogP) is 1.75. The molecular weight excluding hydrogens is 264 g/mol. The van der Waals surface area contributed by atoms with Crippen LogP contribution in [0.25, 0.3) is 0 Å². The number of anilines is 1. The van der Waals surface area contributed by atoms with Gasteiger partial charge in [-0.05, 0) is 24.5 Å². The minimum atomic E-state index is -0.0181. The molecule has 3 rings (SSSR count). The van der Waals surface area contributed by atoms with Gasteiger partial charge < -0.3 is 15.2 Å². The Morgan fingerprint density at radius 2 is 2.38 bits per heavy atom.